The smallest absolute Gasteiger partial charge is 0.129 e. The number of nitrogens with zero attached hydrogens (tertiary/aromatic N) is 3. The third-order valence-electron chi connectivity index (χ3n) is 5.85. The van der Waals surface area contributed by atoms with Gasteiger partial charge in [-0.15, -0.1) is 6.58 Å². The van der Waals surface area contributed by atoms with Gasteiger partial charge in [-0.1, -0.05) is 24.3 Å². The van der Waals surface area contributed by atoms with Crippen LogP contribution in [0, 0.1) is 0 Å². The minimum absolute atomic E-state index is 0.423. The standard InChI is InChI=1S/C25H29N3O/c1-5-13-27-16-19(3)28(17-18(27)2)25-12-10-22-14-21(9-11-24(22)26-25)20-7-6-8-23(15-20)29-4/h5-12,14-15,18-19H,1,13,16-17H2,2-4H3/t18-,19+/m1/s1. The van der Waals surface area contributed by atoms with Crippen LogP contribution < -0.4 is 9.64 Å². The number of pyridine rings is 1. The van der Waals surface area contributed by atoms with Crippen LogP contribution in [0.15, 0.2) is 67.3 Å². The Bertz CT molecular complexity index is 1020. The predicted molar refractivity (Wildman–Crippen MR) is 122 cm³/mol. The summed E-state index contributed by atoms with van der Waals surface area (Å²) in [6.45, 7) is 11.4. The molecule has 0 aliphatic carbocycles. The van der Waals surface area contributed by atoms with Gasteiger partial charge in [0.25, 0.3) is 0 Å². The van der Waals surface area contributed by atoms with Gasteiger partial charge in [0.05, 0.1) is 12.6 Å². The Labute approximate surface area is 173 Å². The van der Waals surface area contributed by atoms with Crippen LogP contribution in [0.2, 0.25) is 0 Å². The van der Waals surface area contributed by atoms with Crippen LogP contribution in [0.25, 0.3) is 22.0 Å². The summed E-state index contributed by atoms with van der Waals surface area (Å²) in [4.78, 5) is 9.90. The average Bonchev–Trinajstić information content (AvgIpc) is 2.75. The molecule has 0 radical (unpaired) electrons. The number of aromatic nitrogens is 1. The molecule has 2 aromatic carbocycles. The quantitative estimate of drug-likeness (QED) is 0.576. The van der Waals surface area contributed by atoms with E-state index >= 15 is 0 Å². The van der Waals surface area contributed by atoms with Crippen LogP contribution in [-0.2, 0) is 0 Å². The maximum atomic E-state index is 5.36. The van der Waals surface area contributed by atoms with Crippen molar-refractivity contribution in [3.63, 3.8) is 0 Å². The Hall–Kier alpha value is -2.85. The first-order valence-corrected chi connectivity index (χ1v) is 10.3. The van der Waals surface area contributed by atoms with Gasteiger partial charge in [0, 0.05) is 37.1 Å². The predicted octanol–water partition coefficient (Wildman–Crippen LogP) is 5.00. The zero-order valence-corrected chi connectivity index (χ0v) is 17.5. The molecule has 0 spiro atoms. The fraction of sp³-hybridized carbons (Fsp3) is 0.320. The minimum Gasteiger partial charge on any atom is -0.497 e. The molecule has 0 saturated carbocycles. The molecule has 2 heterocycles. The Morgan fingerprint density at radius 3 is 2.66 bits per heavy atom. The Morgan fingerprint density at radius 2 is 1.86 bits per heavy atom. The molecule has 2 atom stereocenters. The fourth-order valence-electron chi connectivity index (χ4n) is 4.19. The summed E-state index contributed by atoms with van der Waals surface area (Å²) >= 11 is 0. The van der Waals surface area contributed by atoms with Crippen molar-refractivity contribution in [3.05, 3.63) is 67.3 Å². The van der Waals surface area contributed by atoms with E-state index in [2.05, 4.69) is 72.7 Å². The normalized spacial score (nSPS) is 20.0. The highest BCUT2D eigenvalue weighted by atomic mass is 16.5. The monoisotopic (exact) mass is 387 g/mol. The topological polar surface area (TPSA) is 28.6 Å². The van der Waals surface area contributed by atoms with Crippen molar-refractivity contribution in [2.75, 3.05) is 31.6 Å². The lowest BCUT2D eigenvalue weighted by molar-refractivity contribution is 0.184. The lowest BCUT2D eigenvalue weighted by atomic mass is 10.0. The van der Waals surface area contributed by atoms with Crippen LogP contribution in [-0.4, -0.2) is 48.7 Å². The lowest BCUT2D eigenvalue weighted by Crippen LogP contribution is -2.56. The maximum absolute atomic E-state index is 5.36. The van der Waals surface area contributed by atoms with Gasteiger partial charge in [0.1, 0.15) is 11.6 Å². The summed E-state index contributed by atoms with van der Waals surface area (Å²) in [5.74, 6) is 1.93. The van der Waals surface area contributed by atoms with Crippen molar-refractivity contribution in [2.24, 2.45) is 0 Å². The van der Waals surface area contributed by atoms with Gasteiger partial charge in [-0.25, -0.2) is 4.98 Å². The van der Waals surface area contributed by atoms with Crippen LogP contribution in [0.5, 0.6) is 5.75 Å². The number of hydrogen-bond acceptors (Lipinski definition) is 4. The van der Waals surface area contributed by atoms with E-state index in [9.17, 15) is 0 Å². The number of ether oxygens (including phenoxy) is 1. The van der Waals surface area contributed by atoms with Crippen molar-refractivity contribution in [3.8, 4) is 16.9 Å². The second kappa shape index (κ2) is 8.26. The van der Waals surface area contributed by atoms with E-state index in [1.807, 2.05) is 18.2 Å². The Balaban J connectivity index is 1.61. The summed E-state index contributed by atoms with van der Waals surface area (Å²) in [6.07, 6.45) is 1.99. The highest BCUT2D eigenvalue weighted by Crippen LogP contribution is 2.29. The summed E-state index contributed by atoms with van der Waals surface area (Å²) in [7, 11) is 1.70. The number of rotatable bonds is 5. The molecule has 29 heavy (non-hydrogen) atoms. The largest absolute Gasteiger partial charge is 0.497 e. The highest BCUT2D eigenvalue weighted by Gasteiger charge is 2.29. The molecule has 150 valence electrons. The number of benzene rings is 2. The fourth-order valence-corrected chi connectivity index (χ4v) is 4.19. The molecule has 0 unspecified atom stereocenters. The van der Waals surface area contributed by atoms with Crippen molar-refractivity contribution in [2.45, 2.75) is 25.9 Å². The van der Waals surface area contributed by atoms with Crippen LogP contribution >= 0.6 is 0 Å². The molecule has 4 heteroatoms. The van der Waals surface area contributed by atoms with Gasteiger partial charge >= 0.3 is 0 Å². The van der Waals surface area contributed by atoms with Gasteiger partial charge in [0.2, 0.25) is 0 Å². The van der Waals surface area contributed by atoms with Gasteiger partial charge in [-0.2, -0.15) is 0 Å². The lowest BCUT2D eigenvalue weighted by Gasteiger charge is -2.44. The van der Waals surface area contributed by atoms with E-state index in [1.54, 1.807) is 7.11 Å². The molecule has 0 bridgehead atoms. The molecule has 1 saturated heterocycles. The van der Waals surface area contributed by atoms with Crippen LogP contribution in [0.3, 0.4) is 0 Å². The molecule has 1 aliphatic rings. The molecule has 0 amide bonds. The molecule has 1 aliphatic heterocycles. The van der Waals surface area contributed by atoms with Gasteiger partial charge in [-0.05, 0) is 61.4 Å². The molecule has 4 nitrogen and oxygen atoms in total. The highest BCUT2D eigenvalue weighted by molar-refractivity contribution is 5.86. The Morgan fingerprint density at radius 1 is 1.03 bits per heavy atom. The maximum Gasteiger partial charge on any atom is 0.129 e. The number of fused-ring (bicyclic) bond motifs is 1. The zero-order chi connectivity index (χ0) is 20.4. The average molecular weight is 388 g/mol. The molecule has 3 aromatic rings. The number of methoxy groups -OCH3 is 1. The molecule has 1 fully saturated rings. The van der Waals surface area contributed by atoms with E-state index in [4.69, 9.17) is 9.72 Å². The second-order valence-electron chi connectivity index (χ2n) is 7.90. The second-order valence-corrected chi connectivity index (χ2v) is 7.90. The van der Waals surface area contributed by atoms with E-state index in [0.29, 0.717) is 12.1 Å². The minimum atomic E-state index is 0.423. The van der Waals surface area contributed by atoms with Crippen molar-refractivity contribution < 1.29 is 4.74 Å². The first-order chi connectivity index (χ1) is 14.1. The Kier molecular flexibility index (Phi) is 5.54. The summed E-state index contributed by atoms with van der Waals surface area (Å²) in [6, 6.07) is 19.9. The van der Waals surface area contributed by atoms with Crippen molar-refractivity contribution in [1.82, 2.24) is 9.88 Å². The first-order valence-electron chi connectivity index (χ1n) is 10.3. The van der Waals surface area contributed by atoms with Crippen LogP contribution in [0.1, 0.15) is 13.8 Å². The summed E-state index contributed by atoms with van der Waals surface area (Å²) in [5, 5.41) is 1.15. The van der Waals surface area contributed by atoms with Gasteiger partial charge in [-0.3, -0.25) is 4.90 Å². The zero-order valence-electron chi connectivity index (χ0n) is 17.5. The molecular formula is C25H29N3O. The first kappa shape index (κ1) is 19.5. The van der Waals surface area contributed by atoms with E-state index in [-0.39, 0.29) is 0 Å². The molecular weight excluding hydrogens is 358 g/mol. The number of hydrogen-bond donors (Lipinski definition) is 0. The molecule has 1 aromatic heterocycles. The third-order valence-corrected chi connectivity index (χ3v) is 5.85. The van der Waals surface area contributed by atoms with E-state index < -0.39 is 0 Å². The molecule has 4 rings (SSSR count). The number of anilines is 1. The summed E-state index contributed by atoms with van der Waals surface area (Å²) in [5.41, 5.74) is 3.35. The van der Waals surface area contributed by atoms with Crippen molar-refractivity contribution in [1.29, 1.82) is 0 Å². The van der Waals surface area contributed by atoms with Crippen LogP contribution in [0.4, 0.5) is 5.82 Å². The molecule has 0 N–H and O–H groups in total. The van der Waals surface area contributed by atoms with E-state index in [0.717, 1.165) is 47.7 Å². The third kappa shape index (κ3) is 3.99. The van der Waals surface area contributed by atoms with Crippen molar-refractivity contribution >= 4 is 16.7 Å². The number of piperazine rings is 1. The SMILES string of the molecule is C=CCN1C[C@H](C)N(c2ccc3cc(-c4cccc(OC)c4)ccc3n2)C[C@H]1C. The van der Waals surface area contributed by atoms with Gasteiger partial charge in [0.15, 0.2) is 0 Å². The van der Waals surface area contributed by atoms with E-state index in [1.165, 1.54) is 5.56 Å². The summed E-state index contributed by atoms with van der Waals surface area (Å²) < 4.78 is 5.36. The van der Waals surface area contributed by atoms with Gasteiger partial charge < -0.3 is 9.64 Å².